The van der Waals surface area contributed by atoms with Gasteiger partial charge in [0, 0.05) is 42.0 Å². The van der Waals surface area contributed by atoms with E-state index in [1.165, 1.54) is 11.1 Å². The Hall–Kier alpha value is -3.88. The third-order valence-corrected chi connectivity index (χ3v) is 6.45. The van der Waals surface area contributed by atoms with Gasteiger partial charge in [-0.3, -0.25) is 4.68 Å². The summed E-state index contributed by atoms with van der Waals surface area (Å²) in [5.41, 5.74) is 5.70. The molecule has 3 aromatic rings. The maximum atomic E-state index is 15.1. The van der Waals surface area contributed by atoms with Gasteiger partial charge in [0.05, 0.1) is 31.7 Å². The molecule has 1 aliphatic rings. The second kappa shape index (κ2) is 9.40. The summed E-state index contributed by atoms with van der Waals surface area (Å²) < 4.78 is 27.9. The second-order valence-electron chi connectivity index (χ2n) is 8.63. The number of carbonyl (C=O) groups excluding carboxylic acids is 1. The fourth-order valence-electron chi connectivity index (χ4n) is 4.58. The summed E-state index contributed by atoms with van der Waals surface area (Å²) in [4.78, 5) is 12.7. The van der Waals surface area contributed by atoms with Crippen molar-refractivity contribution in [3.05, 3.63) is 64.2 Å². The highest BCUT2D eigenvalue weighted by Crippen LogP contribution is 2.36. The second-order valence-corrected chi connectivity index (χ2v) is 8.63. The minimum Gasteiger partial charge on any atom is -0.493 e. The van der Waals surface area contributed by atoms with Gasteiger partial charge in [-0.1, -0.05) is 0 Å². The molecular formula is C26H30FN5O3. The third kappa shape index (κ3) is 4.22. The Morgan fingerprint density at radius 3 is 2.40 bits per heavy atom. The minimum atomic E-state index is -0.355. The van der Waals surface area contributed by atoms with Crippen molar-refractivity contribution in [2.75, 3.05) is 21.3 Å². The van der Waals surface area contributed by atoms with Crippen LogP contribution in [0, 0.1) is 19.7 Å². The molecule has 1 atom stereocenters. The molecule has 2 heterocycles. The molecule has 1 unspecified atom stereocenters. The number of rotatable bonds is 4. The molecule has 2 amide bonds. The molecule has 1 N–H and O–H groups in total. The summed E-state index contributed by atoms with van der Waals surface area (Å²) in [6, 6.07) is 8.08. The van der Waals surface area contributed by atoms with Crippen LogP contribution in [0.25, 0.3) is 11.1 Å². The molecule has 2 aromatic carbocycles. The SMILES string of the molecule is CNC(=O)N1N=C(c2ccc(F)c(-c3c(C)nn(C)c3C)c2)c2cc(OC)c(OC)cc2CC1C. The number of hydrogen-bond acceptors (Lipinski definition) is 5. The molecule has 0 aliphatic carbocycles. The van der Waals surface area contributed by atoms with E-state index in [1.807, 2.05) is 40.0 Å². The van der Waals surface area contributed by atoms with Gasteiger partial charge in [0.1, 0.15) is 5.82 Å². The van der Waals surface area contributed by atoms with Crippen molar-refractivity contribution >= 4 is 11.7 Å². The highest BCUT2D eigenvalue weighted by atomic mass is 19.1. The lowest BCUT2D eigenvalue weighted by atomic mass is 9.92. The van der Waals surface area contributed by atoms with E-state index in [0.717, 1.165) is 28.1 Å². The van der Waals surface area contributed by atoms with Crippen LogP contribution in [0.5, 0.6) is 11.5 Å². The Kier molecular flexibility index (Phi) is 6.51. The average Bonchev–Trinajstić information content (AvgIpc) is 3.01. The Morgan fingerprint density at radius 1 is 1.11 bits per heavy atom. The van der Waals surface area contributed by atoms with Crippen molar-refractivity contribution < 1.29 is 18.7 Å². The smallest absolute Gasteiger partial charge is 0.337 e. The van der Waals surface area contributed by atoms with Crippen molar-refractivity contribution in [1.29, 1.82) is 0 Å². The number of halogens is 1. The largest absolute Gasteiger partial charge is 0.493 e. The summed E-state index contributed by atoms with van der Waals surface area (Å²) in [5, 5.41) is 13.3. The molecule has 35 heavy (non-hydrogen) atoms. The van der Waals surface area contributed by atoms with Crippen LogP contribution in [-0.2, 0) is 13.5 Å². The Balaban J connectivity index is 1.99. The first-order valence-electron chi connectivity index (χ1n) is 11.3. The Morgan fingerprint density at radius 2 is 1.80 bits per heavy atom. The van der Waals surface area contributed by atoms with E-state index in [2.05, 4.69) is 10.4 Å². The first-order chi connectivity index (χ1) is 16.7. The van der Waals surface area contributed by atoms with Crippen LogP contribution in [0.15, 0.2) is 35.4 Å². The lowest BCUT2D eigenvalue weighted by molar-refractivity contribution is 0.184. The van der Waals surface area contributed by atoms with Crippen LogP contribution in [0.3, 0.4) is 0 Å². The molecule has 1 aromatic heterocycles. The molecule has 0 saturated carbocycles. The van der Waals surface area contributed by atoms with Crippen LogP contribution in [0.1, 0.15) is 35.0 Å². The number of hydrazone groups is 1. The fourth-order valence-corrected chi connectivity index (χ4v) is 4.58. The predicted octanol–water partition coefficient (Wildman–Crippen LogP) is 4.20. The zero-order chi connectivity index (χ0) is 25.4. The van der Waals surface area contributed by atoms with E-state index in [9.17, 15) is 4.79 Å². The maximum Gasteiger partial charge on any atom is 0.337 e. The number of fused-ring (bicyclic) bond motifs is 1. The molecule has 8 nitrogen and oxygen atoms in total. The van der Waals surface area contributed by atoms with Gasteiger partial charge >= 0.3 is 6.03 Å². The molecule has 0 spiro atoms. The van der Waals surface area contributed by atoms with E-state index in [1.54, 1.807) is 38.1 Å². The van der Waals surface area contributed by atoms with Gasteiger partial charge in [-0.15, -0.1) is 0 Å². The Labute approximate surface area is 204 Å². The van der Waals surface area contributed by atoms with Crippen molar-refractivity contribution in [2.24, 2.45) is 12.1 Å². The van der Waals surface area contributed by atoms with Gasteiger partial charge in [0.15, 0.2) is 11.5 Å². The van der Waals surface area contributed by atoms with Crippen LogP contribution in [0.2, 0.25) is 0 Å². The topological polar surface area (TPSA) is 81.0 Å². The van der Waals surface area contributed by atoms with Gasteiger partial charge in [-0.2, -0.15) is 10.2 Å². The summed E-state index contributed by atoms with van der Waals surface area (Å²) in [7, 11) is 6.56. The summed E-state index contributed by atoms with van der Waals surface area (Å²) in [6.07, 6.45) is 0.547. The molecule has 0 bridgehead atoms. The van der Waals surface area contributed by atoms with Crippen molar-refractivity contribution in [3.8, 4) is 22.6 Å². The van der Waals surface area contributed by atoms with Gasteiger partial charge in [0.25, 0.3) is 0 Å². The molecule has 1 aliphatic heterocycles. The number of amides is 2. The molecular weight excluding hydrogens is 449 g/mol. The number of ether oxygens (including phenoxy) is 2. The fraction of sp³-hybridized carbons (Fsp3) is 0.346. The van der Waals surface area contributed by atoms with Gasteiger partial charge in [-0.25, -0.2) is 14.2 Å². The predicted molar refractivity (Wildman–Crippen MR) is 133 cm³/mol. The zero-order valence-corrected chi connectivity index (χ0v) is 21.1. The standard InChI is InChI=1S/C26H30FN5O3/c1-14-10-18-12-22(34-6)23(35-7)13-19(18)25(30-32(14)26(33)28-4)17-8-9-21(27)20(11-17)24-15(2)29-31(5)16(24)3/h8-9,11-14H,10H2,1-7H3,(H,28,33). The normalized spacial score (nSPS) is 15.3. The zero-order valence-electron chi connectivity index (χ0n) is 21.1. The van der Waals surface area contributed by atoms with E-state index in [4.69, 9.17) is 14.6 Å². The molecule has 0 saturated heterocycles. The first-order valence-corrected chi connectivity index (χ1v) is 11.3. The lowest BCUT2D eigenvalue weighted by Gasteiger charge is -2.22. The van der Waals surface area contributed by atoms with Crippen LogP contribution >= 0.6 is 0 Å². The highest BCUT2D eigenvalue weighted by Gasteiger charge is 2.29. The summed E-state index contributed by atoms with van der Waals surface area (Å²) in [6.45, 7) is 5.70. The maximum absolute atomic E-state index is 15.1. The van der Waals surface area contributed by atoms with Crippen molar-refractivity contribution in [2.45, 2.75) is 33.2 Å². The molecule has 0 fully saturated rings. The van der Waals surface area contributed by atoms with E-state index < -0.39 is 0 Å². The number of aryl methyl sites for hydroxylation is 2. The van der Waals surface area contributed by atoms with E-state index in [0.29, 0.717) is 34.8 Å². The van der Waals surface area contributed by atoms with E-state index >= 15 is 4.39 Å². The number of aromatic nitrogens is 2. The molecule has 0 radical (unpaired) electrons. The van der Waals surface area contributed by atoms with Crippen LogP contribution in [-0.4, -0.2) is 53.8 Å². The van der Waals surface area contributed by atoms with Crippen LogP contribution in [0.4, 0.5) is 9.18 Å². The number of urea groups is 1. The lowest BCUT2D eigenvalue weighted by Crippen LogP contribution is -2.41. The number of carbonyl (C=O) groups is 1. The van der Waals surface area contributed by atoms with Crippen LogP contribution < -0.4 is 14.8 Å². The van der Waals surface area contributed by atoms with Gasteiger partial charge in [-0.05, 0) is 63.1 Å². The van der Waals surface area contributed by atoms with Crippen molar-refractivity contribution in [3.63, 3.8) is 0 Å². The van der Waals surface area contributed by atoms with Gasteiger partial charge < -0.3 is 14.8 Å². The monoisotopic (exact) mass is 479 g/mol. The minimum absolute atomic E-state index is 0.230. The average molecular weight is 480 g/mol. The quantitative estimate of drug-likeness (QED) is 0.608. The number of hydrogen-bond donors (Lipinski definition) is 1. The first kappa shape index (κ1) is 24.3. The number of methoxy groups -OCH3 is 2. The highest BCUT2D eigenvalue weighted by molar-refractivity contribution is 6.15. The summed E-state index contributed by atoms with van der Waals surface area (Å²) in [5.74, 6) is 0.778. The number of nitrogens with one attached hydrogen (secondary N) is 1. The molecule has 184 valence electrons. The van der Waals surface area contributed by atoms with E-state index in [-0.39, 0.29) is 17.9 Å². The molecule has 4 rings (SSSR count). The summed E-state index contributed by atoms with van der Waals surface area (Å²) >= 11 is 0. The van der Waals surface area contributed by atoms with Gasteiger partial charge in [0.2, 0.25) is 0 Å². The third-order valence-electron chi connectivity index (χ3n) is 6.45. The molecule has 9 heteroatoms. The van der Waals surface area contributed by atoms with Crippen molar-refractivity contribution in [1.82, 2.24) is 20.1 Å². The number of benzene rings is 2. The Bertz CT molecular complexity index is 1330. The number of nitrogens with zero attached hydrogens (tertiary/aromatic N) is 4.